The van der Waals surface area contributed by atoms with Gasteiger partial charge < -0.3 is 10.1 Å². The van der Waals surface area contributed by atoms with Gasteiger partial charge in [0, 0.05) is 6.20 Å². The number of benzene rings is 1. The second-order valence-electron chi connectivity index (χ2n) is 4.68. The van der Waals surface area contributed by atoms with E-state index in [1.54, 1.807) is 38.1 Å². The van der Waals surface area contributed by atoms with Gasteiger partial charge in [-0.05, 0) is 26.0 Å². The highest BCUT2D eigenvalue weighted by molar-refractivity contribution is 6.33. The van der Waals surface area contributed by atoms with Crippen LogP contribution in [-0.4, -0.2) is 16.1 Å². The standard InChI is InChI=1S/C14H13ClF3N3O/c1-8(2)22-12-9(14(16,17)18)7-19-13(21-12)20-11-6-4-3-5-10(11)15/h3-8H,1-2H3,(H,19,20,21). The number of rotatable bonds is 4. The molecule has 0 saturated heterocycles. The molecule has 1 aromatic carbocycles. The predicted molar refractivity (Wildman–Crippen MR) is 77.5 cm³/mol. The van der Waals surface area contributed by atoms with Gasteiger partial charge in [-0.15, -0.1) is 0 Å². The third-order valence-corrected chi connectivity index (χ3v) is 2.86. The zero-order valence-corrected chi connectivity index (χ0v) is 12.5. The Kier molecular flexibility index (Phi) is 4.75. The Labute approximate surface area is 130 Å². The Morgan fingerprint density at radius 1 is 1.23 bits per heavy atom. The van der Waals surface area contributed by atoms with E-state index < -0.39 is 23.7 Å². The number of hydrogen-bond acceptors (Lipinski definition) is 4. The summed E-state index contributed by atoms with van der Waals surface area (Å²) in [5, 5.41) is 3.16. The van der Waals surface area contributed by atoms with Crippen molar-refractivity contribution >= 4 is 23.2 Å². The summed E-state index contributed by atoms with van der Waals surface area (Å²) in [6.07, 6.45) is -4.36. The van der Waals surface area contributed by atoms with Crippen LogP contribution >= 0.6 is 11.6 Å². The van der Waals surface area contributed by atoms with E-state index in [1.165, 1.54) is 0 Å². The summed E-state index contributed by atoms with van der Waals surface area (Å²) in [5.41, 5.74) is -0.537. The fourth-order valence-electron chi connectivity index (χ4n) is 1.62. The summed E-state index contributed by atoms with van der Waals surface area (Å²) in [4.78, 5) is 7.46. The van der Waals surface area contributed by atoms with Crippen molar-refractivity contribution in [3.63, 3.8) is 0 Å². The van der Waals surface area contributed by atoms with Crippen molar-refractivity contribution in [3.05, 3.63) is 41.0 Å². The highest BCUT2D eigenvalue weighted by atomic mass is 35.5. The van der Waals surface area contributed by atoms with E-state index in [0.29, 0.717) is 16.9 Å². The molecule has 2 aromatic rings. The third-order valence-electron chi connectivity index (χ3n) is 2.53. The van der Waals surface area contributed by atoms with Gasteiger partial charge in [-0.25, -0.2) is 4.98 Å². The van der Waals surface area contributed by atoms with Gasteiger partial charge in [0.05, 0.1) is 16.8 Å². The van der Waals surface area contributed by atoms with Gasteiger partial charge in [-0.1, -0.05) is 23.7 Å². The Bertz CT molecular complexity index is 662. The lowest BCUT2D eigenvalue weighted by molar-refractivity contribution is -0.139. The number of ether oxygens (including phenoxy) is 1. The first-order valence-corrected chi connectivity index (χ1v) is 6.77. The number of halogens is 4. The fraction of sp³-hybridized carbons (Fsp3) is 0.286. The molecule has 0 unspecified atom stereocenters. The average molecular weight is 332 g/mol. The quantitative estimate of drug-likeness (QED) is 0.883. The number of nitrogens with zero attached hydrogens (tertiary/aromatic N) is 2. The number of alkyl halides is 3. The van der Waals surface area contributed by atoms with Crippen LogP contribution in [0.4, 0.5) is 24.8 Å². The van der Waals surface area contributed by atoms with Gasteiger partial charge in [0.2, 0.25) is 11.8 Å². The lowest BCUT2D eigenvalue weighted by Crippen LogP contribution is -2.15. The van der Waals surface area contributed by atoms with E-state index in [2.05, 4.69) is 15.3 Å². The summed E-state index contributed by atoms with van der Waals surface area (Å²) in [5.74, 6) is -0.552. The van der Waals surface area contributed by atoms with E-state index in [4.69, 9.17) is 16.3 Å². The van der Waals surface area contributed by atoms with Crippen molar-refractivity contribution in [2.75, 3.05) is 5.32 Å². The van der Waals surface area contributed by atoms with Gasteiger partial charge in [0.15, 0.2) is 0 Å². The van der Waals surface area contributed by atoms with Crippen molar-refractivity contribution in [1.82, 2.24) is 9.97 Å². The zero-order valence-electron chi connectivity index (χ0n) is 11.8. The van der Waals surface area contributed by atoms with Gasteiger partial charge in [0.25, 0.3) is 0 Å². The molecule has 0 saturated carbocycles. The third kappa shape index (κ3) is 4.00. The van der Waals surface area contributed by atoms with Crippen LogP contribution in [0.15, 0.2) is 30.5 Å². The van der Waals surface area contributed by atoms with Crippen LogP contribution in [0.3, 0.4) is 0 Å². The summed E-state index contributed by atoms with van der Waals surface area (Å²) >= 11 is 5.97. The molecule has 0 atom stereocenters. The minimum Gasteiger partial charge on any atom is -0.474 e. The van der Waals surface area contributed by atoms with Crippen LogP contribution in [0.1, 0.15) is 19.4 Å². The molecule has 0 amide bonds. The van der Waals surface area contributed by atoms with Crippen molar-refractivity contribution in [2.24, 2.45) is 0 Å². The maximum absolute atomic E-state index is 12.9. The first kappa shape index (κ1) is 16.4. The smallest absolute Gasteiger partial charge is 0.423 e. The molecule has 1 heterocycles. The molecule has 0 aliphatic rings. The second kappa shape index (κ2) is 6.39. The first-order chi connectivity index (χ1) is 10.3. The summed E-state index contributed by atoms with van der Waals surface area (Å²) in [6.45, 7) is 3.23. The van der Waals surface area contributed by atoms with Crippen molar-refractivity contribution < 1.29 is 17.9 Å². The summed E-state index contributed by atoms with van der Waals surface area (Å²) in [7, 11) is 0. The Hall–Kier alpha value is -2.02. The minimum atomic E-state index is -4.59. The van der Waals surface area contributed by atoms with Crippen molar-refractivity contribution in [2.45, 2.75) is 26.1 Å². The Balaban J connectivity index is 2.36. The number of nitrogens with one attached hydrogen (secondary N) is 1. The monoisotopic (exact) mass is 331 g/mol. The molecule has 0 spiro atoms. The lowest BCUT2D eigenvalue weighted by atomic mass is 10.3. The Morgan fingerprint density at radius 3 is 2.50 bits per heavy atom. The van der Waals surface area contributed by atoms with Crippen LogP contribution in [0.2, 0.25) is 5.02 Å². The van der Waals surface area contributed by atoms with Crippen LogP contribution in [0.5, 0.6) is 5.88 Å². The van der Waals surface area contributed by atoms with Crippen LogP contribution in [0.25, 0.3) is 0 Å². The predicted octanol–water partition coefficient (Wildman–Crippen LogP) is 4.68. The van der Waals surface area contributed by atoms with Gasteiger partial charge in [0.1, 0.15) is 5.56 Å². The topological polar surface area (TPSA) is 47.0 Å². The SMILES string of the molecule is CC(C)Oc1nc(Nc2ccccc2Cl)ncc1C(F)(F)F. The second-order valence-corrected chi connectivity index (χ2v) is 5.09. The van der Waals surface area contributed by atoms with Gasteiger partial charge in [-0.3, -0.25) is 0 Å². The molecule has 118 valence electrons. The van der Waals surface area contributed by atoms with E-state index >= 15 is 0 Å². The normalized spacial score (nSPS) is 11.6. The lowest BCUT2D eigenvalue weighted by Gasteiger charge is -2.16. The summed E-state index contributed by atoms with van der Waals surface area (Å²) in [6, 6.07) is 6.75. The molecule has 22 heavy (non-hydrogen) atoms. The summed E-state index contributed by atoms with van der Waals surface area (Å²) < 4.78 is 43.9. The van der Waals surface area contributed by atoms with E-state index in [0.717, 1.165) is 0 Å². The molecule has 8 heteroatoms. The molecule has 0 bridgehead atoms. The fourth-order valence-corrected chi connectivity index (χ4v) is 1.80. The first-order valence-electron chi connectivity index (χ1n) is 6.40. The van der Waals surface area contributed by atoms with Crippen molar-refractivity contribution in [1.29, 1.82) is 0 Å². The van der Waals surface area contributed by atoms with Gasteiger partial charge >= 0.3 is 6.18 Å². The molecule has 0 aliphatic carbocycles. The molecule has 4 nitrogen and oxygen atoms in total. The van der Waals surface area contributed by atoms with E-state index in [9.17, 15) is 13.2 Å². The number of para-hydroxylation sites is 1. The molecule has 0 fully saturated rings. The molecular formula is C14H13ClF3N3O. The highest BCUT2D eigenvalue weighted by Crippen LogP contribution is 2.36. The highest BCUT2D eigenvalue weighted by Gasteiger charge is 2.36. The number of hydrogen-bond donors (Lipinski definition) is 1. The number of aromatic nitrogens is 2. The van der Waals surface area contributed by atoms with Crippen LogP contribution < -0.4 is 10.1 Å². The molecule has 1 N–H and O–H groups in total. The largest absolute Gasteiger partial charge is 0.474 e. The van der Waals surface area contributed by atoms with Crippen LogP contribution in [0, 0.1) is 0 Å². The molecular weight excluding hydrogens is 319 g/mol. The van der Waals surface area contributed by atoms with Crippen LogP contribution in [-0.2, 0) is 6.18 Å². The molecule has 2 rings (SSSR count). The molecule has 1 aromatic heterocycles. The van der Waals surface area contributed by atoms with E-state index in [1.807, 2.05) is 0 Å². The number of anilines is 2. The maximum atomic E-state index is 12.9. The minimum absolute atomic E-state index is 0.0308. The average Bonchev–Trinajstić information content (AvgIpc) is 2.39. The zero-order chi connectivity index (χ0) is 16.3. The molecule has 0 radical (unpaired) electrons. The van der Waals surface area contributed by atoms with Gasteiger partial charge in [-0.2, -0.15) is 18.2 Å². The molecule has 0 aliphatic heterocycles. The Morgan fingerprint density at radius 2 is 1.91 bits per heavy atom. The van der Waals surface area contributed by atoms with Crippen molar-refractivity contribution in [3.8, 4) is 5.88 Å². The maximum Gasteiger partial charge on any atom is 0.423 e. The van der Waals surface area contributed by atoms with E-state index in [-0.39, 0.29) is 5.95 Å².